The van der Waals surface area contributed by atoms with E-state index in [-0.39, 0.29) is 19.4 Å². The molecule has 0 amide bonds. The number of carbonyl (C=O) groups excluding carboxylic acids is 2. The van der Waals surface area contributed by atoms with Crippen LogP contribution in [0.5, 0.6) is 0 Å². The zero-order chi connectivity index (χ0) is 52.6. The van der Waals surface area contributed by atoms with E-state index in [4.69, 9.17) is 18.9 Å². The predicted octanol–water partition coefficient (Wildman–Crippen LogP) is 14.9. The third-order valence-electron chi connectivity index (χ3n) is 14.3. The average Bonchev–Trinajstić information content (AvgIpc) is 3.35. The first-order valence-corrected chi connectivity index (χ1v) is 31.9. The van der Waals surface area contributed by atoms with Gasteiger partial charge in [-0.25, -0.2) is 0 Å². The van der Waals surface area contributed by atoms with Gasteiger partial charge in [-0.1, -0.05) is 257 Å². The summed E-state index contributed by atoms with van der Waals surface area (Å²) in [5.74, 6) is -1.96. The summed E-state index contributed by atoms with van der Waals surface area (Å²) in [7, 11) is -4.61. The number of carbonyl (C=O) groups is 2. The Hall–Kier alpha value is -1.61. The van der Waals surface area contributed by atoms with Gasteiger partial charge in [0.25, 0.3) is 10.1 Å². The number of hydrogen-bond donors (Lipinski definition) is 4. The van der Waals surface area contributed by atoms with Crippen molar-refractivity contribution in [3.63, 3.8) is 0 Å². The molecule has 1 saturated heterocycles. The molecule has 1 rings (SSSR count). The Morgan fingerprint density at radius 3 is 1.15 bits per heavy atom. The Morgan fingerprint density at radius 2 is 0.792 bits per heavy atom. The summed E-state index contributed by atoms with van der Waals surface area (Å²) in [5.41, 5.74) is 0. The van der Waals surface area contributed by atoms with E-state index in [1.54, 1.807) is 0 Å². The molecular formula is C59H112O12S. The lowest BCUT2D eigenvalue weighted by molar-refractivity contribution is -0.297. The van der Waals surface area contributed by atoms with Gasteiger partial charge in [-0.2, -0.15) is 8.42 Å². The molecule has 0 bridgehead atoms. The molecule has 1 heterocycles. The number of esters is 2. The molecule has 4 N–H and O–H groups in total. The zero-order valence-electron chi connectivity index (χ0n) is 46.3. The van der Waals surface area contributed by atoms with Gasteiger partial charge in [0.1, 0.15) is 36.8 Å². The van der Waals surface area contributed by atoms with Crippen LogP contribution in [-0.4, -0.2) is 96.0 Å². The van der Waals surface area contributed by atoms with Gasteiger partial charge >= 0.3 is 11.9 Å². The van der Waals surface area contributed by atoms with Gasteiger partial charge in [0.2, 0.25) is 0 Å². The summed E-state index contributed by atoms with van der Waals surface area (Å²) in [6.45, 7) is 3.83. The summed E-state index contributed by atoms with van der Waals surface area (Å²) >= 11 is 0. The maximum Gasteiger partial charge on any atom is 0.306 e. The van der Waals surface area contributed by atoms with Crippen molar-refractivity contribution in [2.24, 2.45) is 0 Å². The second-order valence-corrected chi connectivity index (χ2v) is 22.9. The number of rotatable bonds is 53. The molecular weight excluding hydrogens is 933 g/mol. The highest BCUT2D eigenvalue weighted by atomic mass is 32.2. The molecule has 0 aromatic heterocycles. The first kappa shape index (κ1) is 68.4. The van der Waals surface area contributed by atoms with Crippen LogP contribution in [0.2, 0.25) is 0 Å². The van der Waals surface area contributed by atoms with Crippen LogP contribution in [0.25, 0.3) is 0 Å². The third-order valence-corrected chi connectivity index (χ3v) is 15.1. The van der Waals surface area contributed by atoms with Gasteiger partial charge < -0.3 is 34.3 Å². The molecule has 6 atom stereocenters. The van der Waals surface area contributed by atoms with E-state index in [0.29, 0.717) is 12.8 Å². The maximum atomic E-state index is 12.9. The van der Waals surface area contributed by atoms with Gasteiger partial charge in [-0.05, 0) is 38.5 Å². The highest BCUT2D eigenvalue weighted by Crippen LogP contribution is 2.24. The molecule has 13 heteroatoms. The van der Waals surface area contributed by atoms with Gasteiger partial charge in [0.05, 0.1) is 6.61 Å². The monoisotopic (exact) mass is 1040 g/mol. The van der Waals surface area contributed by atoms with Crippen LogP contribution in [-0.2, 0) is 38.7 Å². The predicted molar refractivity (Wildman–Crippen MR) is 294 cm³/mol. The minimum absolute atomic E-state index is 0.171. The lowest BCUT2D eigenvalue weighted by Gasteiger charge is -2.40. The molecule has 72 heavy (non-hydrogen) atoms. The van der Waals surface area contributed by atoms with E-state index >= 15 is 0 Å². The third kappa shape index (κ3) is 42.6. The number of aliphatic hydroxyl groups is 3. The molecule has 12 nitrogen and oxygen atoms in total. The molecule has 0 spiro atoms. The van der Waals surface area contributed by atoms with Crippen molar-refractivity contribution < 1.29 is 56.8 Å². The molecule has 0 aromatic rings. The van der Waals surface area contributed by atoms with Crippen LogP contribution in [0.3, 0.4) is 0 Å². The van der Waals surface area contributed by atoms with Crippen molar-refractivity contribution >= 4 is 22.1 Å². The second kappa shape index (κ2) is 49.0. The fourth-order valence-electron chi connectivity index (χ4n) is 9.68. The zero-order valence-corrected chi connectivity index (χ0v) is 47.1. The van der Waals surface area contributed by atoms with Crippen LogP contribution in [0.4, 0.5) is 0 Å². The van der Waals surface area contributed by atoms with Crippen LogP contribution < -0.4 is 0 Å². The SMILES string of the molecule is CCCCCCCC/C=C/CCCCCCCCCCCCCC(=O)OC[C@H](CO[C@H]1O[C@H](CS(=O)(=O)O)[C@@H](O)C(O)C1O)OC(=O)CCCCCCCCCCCCCCCCCCCCCCCCC. The minimum Gasteiger partial charge on any atom is -0.462 e. The number of unbranched alkanes of at least 4 members (excludes halogenated alkanes) is 39. The molecule has 426 valence electrons. The van der Waals surface area contributed by atoms with Crippen LogP contribution in [0, 0.1) is 0 Å². The smallest absolute Gasteiger partial charge is 0.306 e. The lowest BCUT2D eigenvalue weighted by Crippen LogP contribution is -2.60. The summed E-state index contributed by atoms with van der Waals surface area (Å²) in [4.78, 5) is 25.7. The van der Waals surface area contributed by atoms with E-state index in [1.165, 1.54) is 218 Å². The van der Waals surface area contributed by atoms with Crippen LogP contribution in [0.1, 0.15) is 296 Å². The Labute approximate surface area is 441 Å². The first-order valence-electron chi connectivity index (χ1n) is 30.2. The van der Waals surface area contributed by atoms with E-state index in [0.717, 1.165) is 38.5 Å². The molecule has 0 aliphatic carbocycles. The first-order chi connectivity index (χ1) is 35.0. The standard InChI is InChI=1S/C59H112O12S/c1-3-5-7-9-11-13-15-17-19-21-23-25-26-28-30-32-34-36-38-40-42-44-46-48-55(61)70-52(50-69-59-58(64)57(63)56(62)53(71-59)51-72(65,66)67)49-68-54(60)47-45-43-41-39-37-35-33-31-29-27-24-22-20-18-16-14-12-10-8-6-4-2/h18,20,52-53,56-59,62-64H,3-17,19,21-51H2,1-2H3,(H,65,66,67)/b20-18+/t52-,53-,56-,57?,58?,59+/m1/s1. The molecule has 1 fully saturated rings. The largest absolute Gasteiger partial charge is 0.462 e. The van der Waals surface area contributed by atoms with Crippen molar-refractivity contribution in [2.75, 3.05) is 19.0 Å². The maximum absolute atomic E-state index is 12.9. The Bertz CT molecular complexity index is 1360. The Kier molecular flexibility index (Phi) is 46.5. The van der Waals surface area contributed by atoms with Gasteiger partial charge in [0.15, 0.2) is 12.4 Å². The van der Waals surface area contributed by atoms with Crippen molar-refractivity contribution in [1.82, 2.24) is 0 Å². The lowest BCUT2D eigenvalue weighted by atomic mass is 10.00. The van der Waals surface area contributed by atoms with Crippen molar-refractivity contribution in [3.05, 3.63) is 12.2 Å². The Balaban J connectivity index is 2.27. The van der Waals surface area contributed by atoms with E-state index in [2.05, 4.69) is 26.0 Å². The molecule has 1 aliphatic heterocycles. The highest BCUT2D eigenvalue weighted by molar-refractivity contribution is 7.85. The van der Waals surface area contributed by atoms with Crippen molar-refractivity contribution in [3.8, 4) is 0 Å². The number of ether oxygens (including phenoxy) is 4. The molecule has 2 unspecified atom stereocenters. The van der Waals surface area contributed by atoms with E-state index < -0.39 is 71.2 Å². The molecule has 0 radical (unpaired) electrons. The van der Waals surface area contributed by atoms with Crippen molar-refractivity contribution in [1.29, 1.82) is 0 Å². The average molecular weight is 1050 g/mol. The summed E-state index contributed by atoms with van der Waals surface area (Å²) in [6, 6.07) is 0. The second-order valence-electron chi connectivity index (χ2n) is 21.4. The van der Waals surface area contributed by atoms with Gasteiger partial charge in [0, 0.05) is 12.8 Å². The molecule has 1 aliphatic rings. The molecule has 0 aromatic carbocycles. The number of hydrogen-bond acceptors (Lipinski definition) is 11. The fraction of sp³-hybridized carbons (Fsp3) is 0.932. The number of allylic oxidation sites excluding steroid dienone is 2. The van der Waals surface area contributed by atoms with E-state index in [1.807, 2.05) is 0 Å². The number of aliphatic hydroxyl groups excluding tert-OH is 3. The van der Waals surface area contributed by atoms with Gasteiger partial charge in [-0.15, -0.1) is 0 Å². The fourth-order valence-corrected chi connectivity index (χ4v) is 10.4. The topological polar surface area (TPSA) is 186 Å². The summed E-state index contributed by atoms with van der Waals surface area (Å²) < 4.78 is 54.5. The Morgan fingerprint density at radius 1 is 0.458 bits per heavy atom. The van der Waals surface area contributed by atoms with Crippen LogP contribution >= 0.6 is 0 Å². The van der Waals surface area contributed by atoms with Gasteiger partial charge in [-0.3, -0.25) is 14.1 Å². The molecule has 0 saturated carbocycles. The van der Waals surface area contributed by atoms with Crippen LogP contribution in [0.15, 0.2) is 12.2 Å². The van der Waals surface area contributed by atoms with E-state index in [9.17, 15) is 37.9 Å². The van der Waals surface area contributed by atoms with Crippen molar-refractivity contribution in [2.45, 2.75) is 333 Å². The minimum atomic E-state index is -4.61. The summed E-state index contributed by atoms with van der Waals surface area (Å²) in [6.07, 6.45) is 48.3. The summed E-state index contributed by atoms with van der Waals surface area (Å²) in [5, 5.41) is 31.1. The quantitative estimate of drug-likeness (QED) is 0.0196. The normalized spacial score (nSPS) is 18.8. The highest BCUT2D eigenvalue weighted by Gasteiger charge is 2.46.